The fraction of sp³-hybridized carbons (Fsp3) is 1.00. The van der Waals surface area contributed by atoms with Gasteiger partial charge in [-0.3, -0.25) is 0 Å². The third-order valence-electron chi connectivity index (χ3n) is 4.85. The summed E-state index contributed by atoms with van der Waals surface area (Å²) in [7, 11) is -0.309. The van der Waals surface area contributed by atoms with E-state index < -0.39 is 69.1 Å². The quantitative estimate of drug-likeness (QED) is 0.244. The van der Waals surface area contributed by atoms with E-state index in [-0.39, 0.29) is 0 Å². The molecule has 0 aromatic rings. The lowest BCUT2D eigenvalue weighted by molar-refractivity contribution is -0.440. The minimum absolute atomic E-state index is 0.913. The SMILES string of the molecule is CN(C)[Si](C)(C)CCC(F)(F)C(F)(F)C(F)(F)C(F)(F)C(F)(F)C(F)(F)C(C)(F)F. The van der Waals surface area contributed by atoms with Gasteiger partial charge in [-0.1, -0.05) is 13.1 Å². The van der Waals surface area contributed by atoms with Crippen molar-refractivity contribution < 1.29 is 61.5 Å². The summed E-state index contributed by atoms with van der Waals surface area (Å²) in [6.07, 6.45) is -2.19. The average molecular weight is 495 g/mol. The number of hydrogen-bond donors (Lipinski definition) is 0. The van der Waals surface area contributed by atoms with Gasteiger partial charge in [-0.25, -0.2) is 0 Å². The second-order valence-corrected chi connectivity index (χ2v) is 12.7. The molecule has 0 N–H and O–H groups in total. The number of hydrogen-bond acceptors (Lipinski definition) is 1. The van der Waals surface area contributed by atoms with Crippen LogP contribution in [0.5, 0.6) is 0 Å². The van der Waals surface area contributed by atoms with Crippen molar-refractivity contribution >= 4 is 8.24 Å². The predicted molar refractivity (Wildman–Crippen MR) is 80.9 cm³/mol. The maximum absolute atomic E-state index is 13.8. The van der Waals surface area contributed by atoms with Crippen LogP contribution in [0.15, 0.2) is 0 Å². The Morgan fingerprint density at radius 3 is 1.17 bits per heavy atom. The monoisotopic (exact) mass is 495 g/mol. The lowest BCUT2D eigenvalue weighted by Gasteiger charge is -2.42. The summed E-state index contributed by atoms with van der Waals surface area (Å²) >= 11 is 0. The molecule has 16 heteroatoms. The molecule has 0 saturated carbocycles. The molecule has 0 amide bonds. The van der Waals surface area contributed by atoms with Crippen LogP contribution in [0, 0.1) is 0 Å². The number of halogens is 14. The highest BCUT2D eigenvalue weighted by Gasteiger charge is 2.92. The Morgan fingerprint density at radius 2 is 0.867 bits per heavy atom. The first kappa shape index (κ1) is 29.2. The first-order valence-electron chi connectivity index (χ1n) is 7.97. The molecule has 0 aliphatic carbocycles. The van der Waals surface area contributed by atoms with Crippen LogP contribution in [-0.4, -0.2) is 68.4 Å². The minimum Gasteiger partial charge on any atom is -0.329 e. The molecule has 0 radical (unpaired) electrons. The van der Waals surface area contributed by atoms with Crippen molar-refractivity contribution in [3.63, 3.8) is 0 Å². The van der Waals surface area contributed by atoms with Crippen molar-refractivity contribution in [3.8, 4) is 0 Å². The van der Waals surface area contributed by atoms with Gasteiger partial charge >= 0.3 is 41.5 Å². The standard InChI is InChI=1S/C14H19F14NSi/c1-8(15,16)10(19,20)12(23,24)14(27,28)13(25,26)11(21,22)9(17,18)6-7-30(4,5)29(2)3/h6-7H2,1-5H3. The molecule has 30 heavy (non-hydrogen) atoms. The van der Waals surface area contributed by atoms with Gasteiger partial charge in [-0.05, 0) is 20.1 Å². The molecule has 0 heterocycles. The highest BCUT2D eigenvalue weighted by molar-refractivity contribution is 6.74. The molecule has 0 atom stereocenters. The first-order valence-corrected chi connectivity index (χ1v) is 11.1. The molecule has 0 aromatic heterocycles. The maximum Gasteiger partial charge on any atom is 0.384 e. The van der Waals surface area contributed by atoms with Crippen molar-refractivity contribution in [2.45, 2.75) is 73.9 Å². The second-order valence-electron chi connectivity index (χ2n) is 7.67. The molecule has 0 bridgehead atoms. The molecule has 0 unspecified atom stereocenters. The van der Waals surface area contributed by atoms with E-state index in [1.807, 2.05) is 0 Å². The van der Waals surface area contributed by atoms with Crippen LogP contribution < -0.4 is 0 Å². The fourth-order valence-electron chi connectivity index (χ4n) is 1.94. The Balaban J connectivity index is 6.29. The van der Waals surface area contributed by atoms with Gasteiger partial charge in [-0.15, -0.1) is 0 Å². The normalized spacial score (nSPS) is 16.4. The van der Waals surface area contributed by atoms with Gasteiger partial charge in [0.25, 0.3) is 0 Å². The molecular formula is C14H19F14NSi. The molecule has 1 nitrogen and oxygen atoms in total. The Labute approximate surface area is 163 Å². The predicted octanol–water partition coefficient (Wildman–Crippen LogP) is 6.61. The van der Waals surface area contributed by atoms with E-state index in [2.05, 4.69) is 0 Å². The number of rotatable bonds is 10. The van der Waals surface area contributed by atoms with Crippen LogP contribution in [0.1, 0.15) is 13.3 Å². The smallest absolute Gasteiger partial charge is 0.329 e. The molecule has 0 rings (SSSR count). The van der Waals surface area contributed by atoms with Crippen LogP contribution in [0.25, 0.3) is 0 Å². The van der Waals surface area contributed by atoms with E-state index >= 15 is 0 Å². The summed E-state index contributed by atoms with van der Waals surface area (Å²) < 4.78 is 189. The zero-order valence-corrected chi connectivity index (χ0v) is 17.2. The van der Waals surface area contributed by atoms with Crippen molar-refractivity contribution in [1.29, 1.82) is 0 Å². The van der Waals surface area contributed by atoms with Gasteiger partial charge in [0.05, 0.1) is 0 Å². The van der Waals surface area contributed by atoms with E-state index in [1.165, 1.54) is 31.8 Å². The van der Waals surface area contributed by atoms with Crippen molar-refractivity contribution in [3.05, 3.63) is 0 Å². The van der Waals surface area contributed by atoms with Crippen molar-refractivity contribution in [1.82, 2.24) is 4.57 Å². The summed E-state index contributed by atoms with van der Waals surface area (Å²) in [5, 5.41) is 0. The van der Waals surface area contributed by atoms with E-state index in [0.717, 1.165) is 0 Å². The van der Waals surface area contributed by atoms with Crippen LogP contribution in [0.2, 0.25) is 19.1 Å². The van der Waals surface area contributed by atoms with Crippen LogP contribution in [-0.2, 0) is 0 Å². The molecule has 0 aromatic carbocycles. The number of alkyl halides is 14. The molecule has 0 aliphatic rings. The summed E-state index contributed by atoms with van der Waals surface area (Å²) in [5.41, 5.74) is 0. The Hall–Kier alpha value is -0.803. The fourth-order valence-corrected chi connectivity index (χ4v) is 3.31. The highest BCUT2D eigenvalue weighted by atomic mass is 28.3. The summed E-state index contributed by atoms with van der Waals surface area (Å²) in [4.78, 5) is 0. The van der Waals surface area contributed by atoms with Gasteiger partial charge < -0.3 is 4.57 Å². The topological polar surface area (TPSA) is 3.24 Å². The summed E-state index contributed by atoms with van der Waals surface area (Å²) in [6.45, 7) is 1.54. The lowest BCUT2D eigenvalue weighted by atomic mass is 9.89. The van der Waals surface area contributed by atoms with E-state index in [4.69, 9.17) is 0 Å². The van der Waals surface area contributed by atoms with Gasteiger partial charge in [0.1, 0.15) is 8.24 Å². The summed E-state index contributed by atoms with van der Waals surface area (Å²) in [5.74, 6) is -50.4. The number of nitrogens with zero attached hydrogens (tertiary/aromatic N) is 1. The third kappa shape index (κ3) is 4.26. The van der Waals surface area contributed by atoms with Crippen molar-refractivity contribution in [2.75, 3.05) is 14.1 Å². The minimum atomic E-state index is -7.98. The first-order chi connectivity index (χ1) is 12.7. The molecule has 0 fully saturated rings. The second kappa shape index (κ2) is 7.66. The van der Waals surface area contributed by atoms with Crippen molar-refractivity contribution in [2.24, 2.45) is 0 Å². The summed E-state index contributed by atoms with van der Waals surface area (Å²) in [6, 6.07) is -0.913. The maximum atomic E-state index is 13.8. The van der Waals surface area contributed by atoms with Gasteiger partial charge in [0.2, 0.25) is 0 Å². The lowest BCUT2D eigenvalue weighted by Crippen LogP contribution is -2.72. The van der Waals surface area contributed by atoms with Gasteiger partial charge in [0, 0.05) is 13.3 Å². The molecule has 0 saturated heterocycles. The van der Waals surface area contributed by atoms with Crippen LogP contribution in [0.4, 0.5) is 61.5 Å². The van der Waals surface area contributed by atoms with Gasteiger partial charge in [0.15, 0.2) is 0 Å². The Bertz CT molecular complexity index is 608. The Morgan fingerprint density at radius 1 is 0.567 bits per heavy atom. The van der Waals surface area contributed by atoms with Crippen LogP contribution >= 0.6 is 0 Å². The highest BCUT2D eigenvalue weighted by Crippen LogP contribution is 2.62. The molecule has 0 aliphatic heterocycles. The van der Waals surface area contributed by atoms with Gasteiger partial charge in [-0.2, -0.15) is 61.5 Å². The largest absolute Gasteiger partial charge is 0.384 e. The molecular weight excluding hydrogens is 476 g/mol. The molecule has 0 spiro atoms. The van der Waals surface area contributed by atoms with E-state index in [9.17, 15) is 61.5 Å². The van der Waals surface area contributed by atoms with E-state index in [0.29, 0.717) is 0 Å². The Kier molecular flexibility index (Phi) is 7.45. The zero-order valence-electron chi connectivity index (χ0n) is 16.2. The van der Waals surface area contributed by atoms with Crippen LogP contribution in [0.3, 0.4) is 0 Å². The third-order valence-corrected chi connectivity index (χ3v) is 8.74. The molecule has 182 valence electrons. The van der Waals surface area contributed by atoms with E-state index in [1.54, 1.807) is 0 Å². The average Bonchev–Trinajstić information content (AvgIpc) is 2.50. The zero-order chi connectivity index (χ0) is 25.0.